The molecule has 0 aliphatic heterocycles. The van der Waals surface area contributed by atoms with Gasteiger partial charge in [-0.15, -0.1) is 9.24 Å². The van der Waals surface area contributed by atoms with E-state index in [2.05, 4.69) is 19.5 Å². The number of nitrogens with zero attached hydrogens (tertiary/aromatic N) is 2. The number of hydrogen-bond donors (Lipinski definition) is 2. The maximum atomic E-state index is 13.1. The van der Waals surface area contributed by atoms with Gasteiger partial charge in [-0.2, -0.15) is 0 Å². The summed E-state index contributed by atoms with van der Waals surface area (Å²) >= 11 is 0. The smallest absolute Gasteiger partial charge is 0.355 e. The van der Waals surface area contributed by atoms with Crippen LogP contribution < -0.4 is 10.6 Å². The van der Waals surface area contributed by atoms with E-state index in [4.69, 9.17) is 0 Å². The predicted octanol–water partition coefficient (Wildman–Crippen LogP) is 2.28. The van der Waals surface area contributed by atoms with Crippen molar-refractivity contribution in [2.45, 2.75) is 6.54 Å². The first kappa shape index (κ1) is 14.5. The van der Waals surface area contributed by atoms with Gasteiger partial charge in [-0.05, 0) is 35.1 Å². The van der Waals surface area contributed by atoms with E-state index in [9.17, 15) is 14.3 Å². The minimum Gasteiger partial charge on any atom is -0.476 e. The van der Waals surface area contributed by atoms with Crippen molar-refractivity contribution >= 4 is 31.8 Å². The van der Waals surface area contributed by atoms with E-state index in [0.29, 0.717) is 17.9 Å². The molecule has 0 bridgehead atoms. The van der Waals surface area contributed by atoms with Gasteiger partial charge >= 0.3 is 5.97 Å². The molecule has 22 heavy (non-hydrogen) atoms. The van der Waals surface area contributed by atoms with Crippen molar-refractivity contribution in [3.8, 4) is 0 Å². The molecule has 1 atom stereocenters. The standard InChI is InChI=1S/C15H13FN3O2P/c16-10-2-1-9(12(22)7-10)8-18-11-3-4-13-17-5-6-19(13)14(11)15(20)21/h1-7,18H,8,22H2,(H,20,21). The lowest BCUT2D eigenvalue weighted by atomic mass is 10.2. The summed E-state index contributed by atoms with van der Waals surface area (Å²) in [5, 5.41) is 13.2. The molecule has 3 aromatic rings. The first-order chi connectivity index (χ1) is 10.6. The molecule has 0 saturated heterocycles. The average molecular weight is 317 g/mol. The fourth-order valence-electron chi connectivity index (χ4n) is 2.27. The number of pyridine rings is 1. The predicted molar refractivity (Wildman–Crippen MR) is 85.2 cm³/mol. The molecule has 2 heterocycles. The number of carboxylic acid groups (broad SMARTS) is 1. The van der Waals surface area contributed by atoms with Crippen molar-refractivity contribution in [3.63, 3.8) is 0 Å². The molecule has 0 aliphatic rings. The summed E-state index contributed by atoms with van der Waals surface area (Å²) in [5.74, 6) is -1.35. The Morgan fingerprint density at radius 2 is 2.18 bits per heavy atom. The van der Waals surface area contributed by atoms with E-state index >= 15 is 0 Å². The minimum absolute atomic E-state index is 0.113. The molecule has 3 rings (SSSR count). The first-order valence-corrected chi connectivity index (χ1v) is 7.11. The topological polar surface area (TPSA) is 66.6 Å². The normalized spacial score (nSPS) is 10.8. The Hall–Kier alpha value is -2.46. The number of rotatable bonds is 4. The zero-order valence-electron chi connectivity index (χ0n) is 11.5. The van der Waals surface area contributed by atoms with E-state index in [-0.39, 0.29) is 11.5 Å². The number of carbonyl (C=O) groups is 1. The Kier molecular flexibility index (Phi) is 3.77. The number of halogens is 1. The van der Waals surface area contributed by atoms with Crippen LogP contribution in [0.1, 0.15) is 16.1 Å². The molecule has 1 unspecified atom stereocenters. The maximum absolute atomic E-state index is 13.1. The highest BCUT2D eigenvalue weighted by Crippen LogP contribution is 2.19. The Morgan fingerprint density at radius 1 is 1.36 bits per heavy atom. The van der Waals surface area contributed by atoms with Crippen LogP contribution in [0.4, 0.5) is 10.1 Å². The van der Waals surface area contributed by atoms with Crippen molar-refractivity contribution in [2.24, 2.45) is 0 Å². The average Bonchev–Trinajstić information content (AvgIpc) is 2.93. The number of imidazole rings is 1. The number of aromatic nitrogens is 2. The SMILES string of the molecule is O=C(O)c1c(NCc2ccc(F)cc2P)ccc2nccn12. The largest absolute Gasteiger partial charge is 0.476 e. The van der Waals surface area contributed by atoms with Gasteiger partial charge in [0.15, 0.2) is 5.69 Å². The van der Waals surface area contributed by atoms with Crippen molar-refractivity contribution in [3.05, 3.63) is 59.8 Å². The first-order valence-electron chi connectivity index (χ1n) is 6.53. The Bertz CT molecular complexity index is 863. The van der Waals surface area contributed by atoms with Crippen LogP contribution in [0, 0.1) is 5.82 Å². The molecule has 0 fully saturated rings. The molecule has 0 amide bonds. The molecule has 0 radical (unpaired) electrons. The number of nitrogens with one attached hydrogen (secondary N) is 1. The summed E-state index contributed by atoms with van der Waals surface area (Å²) in [6, 6.07) is 7.88. The monoisotopic (exact) mass is 317 g/mol. The summed E-state index contributed by atoms with van der Waals surface area (Å²) in [7, 11) is 2.47. The molecule has 0 saturated carbocycles. The number of anilines is 1. The third-order valence-electron chi connectivity index (χ3n) is 3.34. The summed E-state index contributed by atoms with van der Waals surface area (Å²) in [5.41, 5.74) is 2.03. The summed E-state index contributed by atoms with van der Waals surface area (Å²) in [6.07, 6.45) is 3.15. The Labute approximate surface area is 128 Å². The van der Waals surface area contributed by atoms with Gasteiger partial charge in [0.1, 0.15) is 11.5 Å². The van der Waals surface area contributed by atoms with Crippen LogP contribution in [-0.2, 0) is 6.54 Å². The molecule has 1 aromatic carbocycles. The lowest BCUT2D eigenvalue weighted by molar-refractivity contribution is 0.0690. The maximum Gasteiger partial charge on any atom is 0.355 e. The quantitative estimate of drug-likeness (QED) is 0.725. The van der Waals surface area contributed by atoms with Crippen molar-refractivity contribution in [1.82, 2.24) is 9.38 Å². The van der Waals surface area contributed by atoms with Gasteiger partial charge < -0.3 is 10.4 Å². The highest BCUT2D eigenvalue weighted by Gasteiger charge is 2.15. The van der Waals surface area contributed by atoms with Crippen LogP contribution in [0.15, 0.2) is 42.7 Å². The number of aromatic carboxylic acids is 1. The summed E-state index contributed by atoms with van der Waals surface area (Å²) < 4.78 is 14.6. The number of fused-ring (bicyclic) bond motifs is 1. The zero-order chi connectivity index (χ0) is 15.7. The second-order valence-corrected chi connectivity index (χ2v) is 5.37. The van der Waals surface area contributed by atoms with Crippen LogP contribution >= 0.6 is 9.24 Å². The van der Waals surface area contributed by atoms with E-state index in [1.54, 1.807) is 30.6 Å². The fraction of sp³-hybridized carbons (Fsp3) is 0.0667. The van der Waals surface area contributed by atoms with Crippen molar-refractivity contribution in [2.75, 3.05) is 5.32 Å². The van der Waals surface area contributed by atoms with E-state index in [1.165, 1.54) is 16.5 Å². The van der Waals surface area contributed by atoms with Gasteiger partial charge in [-0.3, -0.25) is 4.40 Å². The second-order valence-electron chi connectivity index (χ2n) is 4.75. The number of hydrogen-bond acceptors (Lipinski definition) is 3. The van der Waals surface area contributed by atoms with Gasteiger partial charge in [0, 0.05) is 18.9 Å². The Balaban J connectivity index is 1.93. The number of carboxylic acids is 1. The zero-order valence-corrected chi connectivity index (χ0v) is 12.6. The minimum atomic E-state index is -1.05. The Morgan fingerprint density at radius 3 is 2.91 bits per heavy atom. The molecule has 0 spiro atoms. The second kappa shape index (κ2) is 5.73. The van der Waals surface area contributed by atoms with Crippen LogP contribution in [0.3, 0.4) is 0 Å². The van der Waals surface area contributed by atoms with Gasteiger partial charge in [0.05, 0.1) is 5.69 Å². The van der Waals surface area contributed by atoms with Crippen molar-refractivity contribution in [1.29, 1.82) is 0 Å². The van der Waals surface area contributed by atoms with Gasteiger partial charge in [-0.1, -0.05) is 6.07 Å². The van der Waals surface area contributed by atoms with E-state index in [1.807, 2.05) is 0 Å². The highest BCUT2D eigenvalue weighted by molar-refractivity contribution is 7.27. The summed E-state index contributed by atoms with van der Waals surface area (Å²) in [4.78, 5) is 15.6. The van der Waals surface area contributed by atoms with E-state index in [0.717, 1.165) is 10.9 Å². The third kappa shape index (κ3) is 2.65. The van der Waals surface area contributed by atoms with Gasteiger partial charge in [0.2, 0.25) is 0 Å². The molecule has 7 heteroatoms. The highest BCUT2D eigenvalue weighted by atomic mass is 31.0. The van der Waals surface area contributed by atoms with Gasteiger partial charge in [-0.25, -0.2) is 14.2 Å². The molecule has 0 aliphatic carbocycles. The molecular weight excluding hydrogens is 304 g/mol. The lowest BCUT2D eigenvalue weighted by Crippen LogP contribution is -2.13. The van der Waals surface area contributed by atoms with Crippen LogP contribution in [0.25, 0.3) is 5.65 Å². The number of benzene rings is 1. The summed E-state index contributed by atoms with van der Waals surface area (Å²) in [6.45, 7) is 0.388. The lowest BCUT2D eigenvalue weighted by Gasteiger charge is -2.12. The fourth-order valence-corrected chi connectivity index (χ4v) is 2.63. The van der Waals surface area contributed by atoms with E-state index < -0.39 is 5.97 Å². The van der Waals surface area contributed by atoms with Crippen LogP contribution in [0.2, 0.25) is 0 Å². The molecule has 112 valence electrons. The molecule has 2 N–H and O–H groups in total. The van der Waals surface area contributed by atoms with Crippen LogP contribution in [-0.4, -0.2) is 20.5 Å². The third-order valence-corrected chi connectivity index (χ3v) is 3.88. The van der Waals surface area contributed by atoms with Crippen molar-refractivity contribution < 1.29 is 14.3 Å². The molecular formula is C15H13FN3O2P. The van der Waals surface area contributed by atoms with Crippen LogP contribution in [0.5, 0.6) is 0 Å². The molecule has 2 aromatic heterocycles. The van der Waals surface area contributed by atoms with Gasteiger partial charge in [0.25, 0.3) is 0 Å². The molecule has 5 nitrogen and oxygen atoms in total.